The molecule has 2 N–H and O–H groups in total. The summed E-state index contributed by atoms with van der Waals surface area (Å²) >= 11 is 1.60. The van der Waals surface area contributed by atoms with Crippen LogP contribution in [0, 0.1) is 0 Å². The Morgan fingerprint density at radius 2 is 2.11 bits per heavy atom. The molecule has 96 valence electrons. The van der Waals surface area contributed by atoms with Crippen molar-refractivity contribution in [3.05, 3.63) is 58.4 Å². The number of hydrogen-bond acceptors (Lipinski definition) is 4. The van der Waals surface area contributed by atoms with Gasteiger partial charge in [-0.3, -0.25) is 4.98 Å². The summed E-state index contributed by atoms with van der Waals surface area (Å²) in [6.07, 6.45) is 1.84. The Labute approximate surface area is 115 Å². The van der Waals surface area contributed by atoms with E-state index in [9.17, 15) is 0 Å². The number of ether oxygens (including phenoxy) is 1. The molecule has 3 nitrogen and oxygen atoms in total. The van der Waals surface area contributed by atoms with Crippen LogP contribution < -0.4 is 10.5 Å². The van der Waals surface area contributed by atoms with Gasteiger partial charge in [-0.1, -0.05) is 18.2 Å². The highest BCUT2D eigenvalue weighted by Gasteiger charge is 2.16. The second-order valence-electron chi connectivity index (χ2n) is 4.29. The highest BCUT2D eigenvalue weighted by molar-refractivity contribution is 7.10. The Hall–Kier alpha value is -1.91. The van der Waals surface area contributed by atoms with Gasteiger partial charge in [0.1, 0.15) is 5.75 Å². The second-order valence-corrected chi connectivity index (χ2v) is 5.24. The molecule has 0 aliphatic carbocycles. The lowest BCUT2D eigenvalue weighted by Crippen LogP contribution is -2.11. The van der Waals surface area contributed by atoms with Gasteiger partial charge >= 0.3 is 0 Å². The molecule has 0 saturated carbocycles. The molecule has 0 aliphatic rings. The van der Waals surface area contributed by atoms with Crippen molar-refractivity contribution < 1.29 is 4.74 Å². The first kappa shape index (κ1) is 12.1. The van der Waals surface area contributed by atoms with Crippen molar-refractivity contribution in [3.63, 3.8) is 0 Å². The normalized spacial score (nSPS) is 12.5. The summed E-state index contributed by atoms with van der Waals surface area (Å²) in [7, 11) is 1.66. The van der Waals surface area contributed by atoms with E-state index in [0.717, 1.165) is 27.1 Å². The van der Waals surface area contributed by atoms with Crippen LogP contribution in [-0.2, 0) is 0 Å². The molecule has 0 saturated heterocycles. The van der Waals surface area contributed by atoms with Crippen LogP contribution in [-0.4, -0.2) is 12.1 Å². The van der Waals surface area contributed by atoms with Crippen LogP contribution in [0.5, 0.6) is 5.75 Å². The van der Waals surface area contributed by atoms with E-state index in [-0.39, 0.29) is 6.04 Å². The number of pyridine rings is 1. The van der Waals surface area contributed by atoms with E-state index >= 15 is 0 Å². The monoisotopic (exact) mass is 270 g/mol. The van der Waals surface area contributed by atoms with Crippen molar-refractivity contribution in [2.75, 3.05) is 7.11 Å². The molecule has 0 spiro atoms. The van der Waals surface area contributed by atoms with Gasteiger partial charge in [0.05, 0.1) is 23.5 Å². The topological polar surface area (TPSA) is 48.1 Å². The summed E-state index contributed by atoms with van der Waals surface area (Å²) in [6.45, 7) is 0. The van der Waals surface area contributed by atoms with Gasteiger partial charge in [-0.2, -0.15) is 0 Å². The van der Waals surface area contributed by atoms with Gasteiger partial charge < -0.3 is 10.5 Å². The van der Waals surface area contributed by atoms with Crippen molar-refractivity contribution in [3.8, 4) is 5.75 Å². The van der Waals surface area contributed by atoms with Crippen LogP contribution in [0.4, 0.5) is 0 Å². The molecule has 4 heteroatoms. The van der Waals surface area contributed by atoms with Gasteiger partial charge in [-0.25, -0.2) is 0 Å². The summed E-state index contributed by atoms with van der Waals surface area (Å²) in [6, 6.07) is 11.9. The van der Waals surface area contributed by atoms with E-state index in [1.165, 1.54) is 0 Å². The molecule has 0 amide bonds. The number of nitrogens with zero attached hydrogens (tertiary/aromatic N) is 1. The number of rotatable bonds is 3. The SMILES string of the molecule is COc1ccsc1C(N)c1cnc2ccccc2c1. The minimum Gasteiger partial charge on any atom is -0.496 e. The number of benzene rings is 1. The van der Waals surface area contributed by atoms with E-state index in [1.807, 2.05) is 41.9 Å². The molecule has 2 heterocycles. The Morgan fingerprint density at radius 1 is 1.26 bits per heavy atom. The first-order valence-corrected chi connectivity index (χ1v) is 6.89. The Bertz CT molecular complexity index is 708. The predicted octanol–water partition coefficient (Wildman–Crippen LogP) is 3.35. The fourth-order valence-electron chi connectivity index (χ4n) is 2.11. The van der Waals surface area contributed by atoms with Crippen molar-refractivity contribution >= 4 is 22.2 Å². The fourth-order valence-corrected chi connectivity index (χ4v) is 3.00. The van der Waals surface area contributed by atoms with Crippen LogP contribution in [0.3, 0.4) is 0 Å². The first-order valence-electron chi connectivity index (χ1n) is 6.01. The molecular formula is C15H14N2OS. The van der Waals surface area contributed by atoms with E-state index < -0.39 is 0 Å². The summed E-state index contributed by atoms with van der Waals surface area (Å²) < 4.78 is 5.33. The standard InChI is InChI=1S/C15H14N2OS/c1-18-13-6-7-19-15(13)14(16)11-8-10-4-2-3-5-12(10)17-9-11/h2-9,14H,16H2,1H3. The van der Waals surface area contributed by atoms with E-state index in [4.69, 9.17) is 10.5 Å². The van der Waals surface area contributed by atoms with Crippen molar-refractivity contribution in [1.29, 1.82) is 0 Å². The minimum atomic E-state index is -0.202. The van der Waals surface area contributed by atoms with Gasteiger partial charge in [0.25, 0.3) is 0 Å². The Balaban J connectivity index is 2.04. The zero-order chi connectivity index (χ0) is 13.2. The third kappa shape index (κ3) is 2.20. The van der Waals surface area contributed by atoms with Crippen LogP contribution in [0.2, 0.25) is 0 Å². The van der Waals surface area contributed by atoms with Crippen LogP contribution in [0.25, 0.3) is 10.9 Å². The quantitative estimate of drug-likeness (QED) is 0.794. The van der Waals surface area contributed by atoms with Gasteiger partial charge in [0.15, 0.2) is 0 Å². The zero-order valence-corrected chi connectivity index (χ0v) is 11.4. The minimum absolute atomic E-state index is 0.202. The number of fused-ring (bicyclic) bond motifs is 1. The lowest BCUT2D eigenvalue weighted by molar-refractivity contribution is 0.411. The molecule has 0 fully saturated rings. The number of aromatic nitrogens is 1. The van der Waals surface area contributed by atoms with Crippen LogP contribution in [0.1, 0.15) is 16.5 Å². The average Bonchev–Trinajstić information content (AvgIpc) is 2.94. The molecule has 3 rings (SSSR count). The van der Waals surface area contributed by atoms with Crippen molar-refractivity contribution in [2.24, 2.45) is 5.73 Å². The summed E-state index contributed by atoms with van der Waals surface area (Å²) in [5.74, 6) is 0.839. The zero-order valence-electron chi connectivity index (χ0n) is 10.5. The highest BCUT2D eigenvalue weighted by atomic mass is 32.1. The smallest absolute Gasteiger partial charge is 0.134 e. The van der Waals surface area contributed by atoms with E-state index in [1.54, 1.807) is 18.4 Å². The third-order valence-electron chi connectivity index (χ3n) is 3.13. The summed E-state index contributed by atoms with van der Waals surface area (Å²) in [5, 5.41) is 3.09. The van der Waals surface area contributed by atoms with Crippen LogP contribution in [0.15, 0.2) is 48.0 Å². The van der Waals surface area contributed by atoms with Crippen LogP contribution >= 0.6 is 11.3 Å². The largest absolute Gasteiger partial charge is 0.496 e. The van der Waals surface area contributed by atoms with E-state index in [0.29, 0.717) is 0 Å². The molecule has 0 bridgehead atoms. The van der Waals surface area contributed by atoms with Gasteiger partial charge in [0.2, 0.25) is 0 Å². The highest BCUT2D eigenvalue weighted by Crippen LogP contribution is 2.33. The average molecular weight is 270 g/mol. The molecule has 1 atom stereocenters. The van der Waals surface area contributed by atoms with Gasteiger partial charge in [-0.05, 0) is 29.1 Å². The molecular weight excluding hydrogens is 256 g/mol. The molecule has 3 aromatic rings. The number of para-hydroxylation sites is 1. The predicted molar refractivity (Wildman–Crippen MR) is 78.6 cm³/mol. The molecule has 1 aromatic carbocycles. The number of methoxy groups -OCH3 is 1. The number of thiophene rings is 1. The van der Waals surface area contributed by atoms with Crippen molar-refractivity contribution in [2.45, 2.75) is 6.04 Å². The number of hydrogen-bond donors (Lipinski definition) is 1. The summed E-state index contributed by atoms with van der Waals surface area (Å²) in [5.41, 5.74) is 8.30. The lowest BCUT2D eigenvalue weighted by atomic mass is 10.1. The Morgan fingerprint density at radius 3 is 2.95 bits per heavy atom. The first-order chi connectivity index (χ1) is 9.29. The second kappa shape index (κ2) is 4.99. The third-order valence-corrected chi connectivity index (χ3v) is 4.11. The van der Waals surface area contributed by atoms with Gasteiger partial charge in [0, 0.05) is 11.6 Å². The van der Waals surface area contributed by atoms with Gasteiger partial charge in [-0.15, -0.1) is 11.3 Å². The molecule has 19 heavy (non-hydrogen) atoms. The van der Waals surface area contributed by atoms with E-state index in [2.05, 4.69) is 11.1 Å². The molecule has 1 unspecified atom stereocenters. The molecule has 2 aromatic heterocycles. The maximum atomic E-state index is 6.32. The number of nitrogens with two attached hydrogens (primary N) is 1. The summed E-state index contributed by atoms with van der Waals surface area (Å²) in [4.78, 5) is 5.48. The Kier molecular flexibility index (Phi) is 3.19. The van der Waals surface area contributed by atoms with Crippen molar-refractivity contribution in [1.82, 2.24) is 4.98 Å². The lowest BCUT2D eigenvalue weighted by Gasteiger charge is -2.12. The maximum Gasteiger partial charge on any atom is 0.134 e. The fraction of sp³-hybridized carbons (Fsp3) is 0.133. The molecule has 0 radical (unpaired) electrons. The molecule has 0 aliphatic heterocycles. The maximum absolute atomic E-state index is 6.32.